The van der Waals surface area contributed by atoms with Gasteiger partial charge in [0.05, 0.1) is 28.8 Å². The molecular weight excluding hydrogens is 472 g/mol. The van der Waals surface area contributed by atoms with Gasteiger partial charge in [-0.25, -0.2) is 9.78 Å². The monoisotopic (exact) mass is 492 g/mol. The molecule has 1 amide bonds. The zero-order chi connectivity index (χ0) is 25.1. The summed E-state index contributed by atoms with van der Waals surface area (Å²) < 4.78 is 6.34. The first-order valence-electron chi connectivity index (χ1n) is 10.6. The fourth-order valence-electron chi connectivity index (χ4n) is 3.68. The average molecular weight is 493 g/mol. The number of ether oxygens (including phenoxy) is 1. The van der Waals surface area contributed by atoms with E-state index in [0.717, 1.165) is 21.3 Å². The van der Waals surface area contributed by atoms with Crippen molar-refractivity contribution in [1.82, 2.24) is 9.55 Å². The predicted octanol–water partition coefficient (Wildman–Crippen LogP) is 4.16. The van der Waals surface area contributed by atoms with E-state index < -0.39 is 22.4 Å². The zero-order valence-electron chi connectivity index (χ0n) is 18.8. The second-order valence-electron chi connectivity index (χ2n) is 7.51. The number of esters is 1. The number of amides is 1. The Morgan fingerprint density at radius 3 is 2.63 bits per heavy atom. The van der Waals surface area contributed by atoms with Crippen LogP contribution in [0, 0.1) is 17.0 Å². The topological polar surface area (TPSA) is 133 Å². The highest BCUT2D eigenvalue weighted by Crippen LogP contribution is 2.40. The molecule has 35 heavy (non-hydrogen) atoms. The molecule has 2 aromatic carbocycles. The Balaban J connectivity index is 1.65. The summed E-state index contributed by atoms with van der Waals surface area (Å²) >= 11 is 1.24. The lowest BCUT2D eigenvalue weighted by Crippen LogP contribution is -2.28. The number of thiophene rings is 1. The van der Waals surface area contributed by atoms with E-state index >= 15 is 0 Å². The van der Waals surface area contributed by atoms with Crippen LogP contribution in [0.2, 0.25) is 0 Å². The SMILES string of the molecule is CCOC(=O)c1c(NC(=O)Cn2cnc3cc([N+](=O)[O-])ccc3c2=O)sc(C)c1-c1ccccc1. The summed E-state index contributed by atoms with van der Waals surface area (Å²) in [6.07, 6.45) is 1.16. The third-order valence-electron chi connectivity index (χ3n) is 5.21. The number of hydrogen-bond donors (Lipinski definition) is 1. The molecular formula is C24H20N4O6S. The minimum Gasteiger partial charge on any atom is -0.462 e. The number of carbonyl (C=O) groups excluding carboxylic acids is 2. The van der Waals surface area contributed by atoms with Gasteiger partial charge in [-0.1, -0.05) is 30.3 Å². The minimum absolute atomic E-state index is 0.149. The number of benzene rings is 2. The van der Waals surface area contributed by atoms with E-state index in [4.69, 9.17) is 4.74 Å². The quantitative estimate of drug-likeness (QED) is 0.233. The summed E-state index contributed by atoms with van der Waals surface area (Å²) in [4.78, 5) is 53.8. The van der Waals surface area contributed by atoms with Crippen LogP contribution in [0.25, 0.3) is 22.0 Å². The number of nitro groups is 1. The first-order valence-corrected chi connectivity index (χ1v) is 11.4. The molecule has 4 aromatic rings. The van der Waals surface area contributed by atoms with Gasteiger partial charge in [0, 0.05) is 22.6 Å². The second kappa shape index (κ2) is 9.85. The standard InChI is InChI=1S/C24H20N4O6S/c1-3-34-24(31)21-20(15-7-5-4-6-8-15)14(2)35-22(21)26-19(29)12-27-13-25-18-11-16(28(32)33)9-10-17(18)23(27)30/h4-11,13H,3,12H2,1-2H3,(H,26,29). The molecule has 0 saturated heterocycles. The first kappa shape index (κ1) is 23.8. The number of aryl methyl sites for hydroxylation is 1. The molecule has 1 N–H and O–H groups in total. The Hall–Kier alpha value is -4.38. The van der Waals surface area contributed by atoms with Crippen LogP contribution in [0.4, 0.5) is 10.7 Å². The molecule has 0 bridgehead atoms. The lowest BCUT2D eigenvalue weighted by atomic mass is 10.0. The van der Waals surface area contributed by atoms with Crippen LogP contribution in [0.3, 0.4) is 0 Å². The molecule has 2 aromatic heterocycles. The number of nitrogens with one attached hydrogen (secondary N) is 1. The van der Waals surface area contributed by atoms with E-state index in [1.54, 1.807) is 6.92 Å². The van der Waals surface area contributed by atoms with Gasteiger partial charge < -0.3 is 10.1 Å². The van der Waals surface area contributed by atoms with Crippen molar-refractivity contribution in [2.75, 3.05) is 11.9 Å². The lowest BCUT2D eigenvalue weighted by Gasteiger charge is -2.10. The third-order valence-corrected chi connectivity index (χ3v) is 6.23. The molecule has 0 saturated carbocycles. The Bertz CT molecular complexity index is 1510. The number of fused-ring (bicyclic) bond motifs is 1. The van der Waals surface area contributed by atoms with Gasteiger partial charge in [-0.05, 0) is 25.5 Å². The van der Waals surface area contributed by atoms with Crippen molar-refractivity contribution < 1.29 is 19.2 Å². The molecule has 11 heteroatoms. The number of carbonyl (C=O) groups is 2. The number of hydrogen-bond acceptors (Lipinski definition) is 8. The van der Waals surface area contributed by atoms with Crippen LogP contribution < -0.4 is 10.9 Å². The van der Waals surface area contributed by atoms with E-state index in [0.29, 0.717) is 10.6 Å². The van der Waals surface area contributed by atoms with Gasteiger partial charge in [0.1, 0.15) is 17.1 Å². The summed E-state index contributed by atoms with van der Waals surface area (Å²) in [7, 11) is 0. The molecule has 4 rings (SSSR count). The van der Waals surface area contributed by atoms with Crippen LogP contribution >= 0.6 is 11.3 Å². The fourth-order valence-corrected chi connectivity index (χ4v) is 4.76. The van der Waals surface area contributed by atoms with Gasteiger partial charge in [0.15, 0.2) is 0 Å². The van der Waals surface area contributed by atoms with Crippen molar-refractivity contribution in [2.45, 2.75) is 20.4 Å². The lowest BCUT2D eigenvalue weighted by molar-refractivity contribution is -0.384. The zero-order valence-corrected chi connectivity index (χ0v) is 19.6. The van der Waals surface area contributed by atoms with Crippen LogP contribution in [0.5, 0.6) is 0 Å². The summed E-state index contributed by atoms with van der Waals surface area (Å²) in [5.41, 5.74) is 1.20. The third kappa shape index (κ3) is 4.80. The predicted molar refractivity (Wildman–Crippen MR) is 132 cm³/mol. The van der Waals surface area contributed by atoms with E-state index in [9.17, 15) is 24.5 Å². The summed E-state index contributed by atoms with van der Waals surface area (Å²) in [5.74, 6) is -1.10. The molecule has 0 aliphatic rings. The van der Waals surface area contributed by atoms with Crippen LogP contribution in [0.1, 0.15) is 22.2 Å². The van der Waals surface area contributed by atoms with Crippen molar-refractivity contribution in [1.29, 1.82) is 0 Å². The van der Waals surface area contributed by atoms with Crippen LogP contribution in [0.15, 0.2) is 59.7 Å². The van der Waals surface area contributed by atoms with E-state index in [-0.39, 0.29) is 35.3 Å². The average Bonchev–Trinajstić information content (AvgIpc) is 3.16. The fraction of sp³-hybridized carbons (Fsp3) is 0.167. The van der Waals surface area contributed by atoms with Crippen molar-refractivity contribution in [3.63, 3.8) is 0 Å². The number of non-ortho nitro benzene ring substituents is 1. The Labute approximate surface area is 203 Å². The highest BCUT2D eigenvalue weighted by molar-refractivity contribution is 7.17. The molecule has 0 atom stereocenters. The normalized spacial score (nSPS) is 10.8. The Morgan fingerprint density at radius 2 is 1.94 bits per heavy atom. The van der Waals surface area contributed by atoms with Gasteiger partial charge in [0.2, 0.25) is 5.91 Å². The molecule has 0 aliphatic carbocycles. The summed E-state index contributed by atoms with van der Waals surface area (Å²) in [6, 6.07) is 13.0. The molecule has 2 heterocycles. The molecule has 0 spiro atoms. The maximum absolute atomic E-state index is 12.9. The second-order valence-corrected chi connectivity index (χ2v) is 8.73. The highest BCUT2D eigenvalue weighted by atomic mass is 32.1. The first-order chi connectivity index (χ1) is 16.8. The summed E-state index contributed by atoms with van der Waals surface area (Å²) in [5, 5.41) is 14.2. The molecule has 10 nitrogen and oxygen atoms in total. The molecule has 0 unspecified atom stereocenters. The van der Waals surface area contributed by atoms with Gasteiger partial charge >= 0.3 is 5.97 Å². The van der Waals surface area contributed by atoms with E-state index in [2.05, 4.69) is 10.3 Å². The highest BCUT2D eigenvalue weighted by Gasteiger charge is 2.25. The minimum atomic E-state index is -0.575. The van der Waals surface area contributed by atoms with E-state index in [1.807, 2.05) is 37.3 Å². The van der Waals surface area contributed by atoms with Gasteiger partial charge in [-0.2, -0.15) is 0 Å². The van der Waals surface area contributed by atoms with Crippen molar-refractivity contribution in [3.8, 4) is 11.1 Å². The number of rotatable bonds is 7. The maximum Gasteiger partial charge on any atom is 0.341 e. The molecule has 178 valence electrons. The van der Waals surface area contributed by atoms with Crippen LogP contribution in [-0.2, 0) is 16.1 Å². The number of nitro benzene ring substituents is 1. The van der Waals surface area contributed by atoms with Crippen LogP contribution in [-0.4, -0.2) is 33.0 Å². The molecule has 0 radical (unpaired) electrons. The van der Waals surface area contributed by atoms with Crippen molar-refractivity contribution in [2.24, 2.45) is 0 Å². The van der Waals surface area contributed by atoms with Gasteiger partial charge in [-0.15, -0.1) is 11.3 Å². The van der Waals surface area contributed by atoms with E-state index in [1.165, 1.54) is 29.5 Å². The number of nitrogens with zero attached hydrogens (tertiary/aromatic N) is 3. The molecule has 0 fully saturated rings. The summed E-state index contributed by atoms with van der Waals surface area (Å²) in [6.45, 7) is 3.36. The van der Waals surface area contributed by atoms with Crippen molar-refractivity contribution >= 4 is 44.8 Å². The number of aromatic nitrogens is 2. The van der Waals surface area contributed by atoms with Gasteiger partial charge in [0.25, 0.3) is 11.2 Å². The number of anilines is 1. The maximum atomic E-state index is 12.9. The largest absolute Gasteiger partial charge is 0.462 e. The van der Waals surface area contributed by atoms with Gasteiger partial charge in [-0.3, -0.25) is 24.3 Å². The smallest absolute Gasteiger partial charge is 0.341 e. The Kier molecular flexibility index (Phi) is 6.69. The Morgan fingerprint density at radius 1 is 1.20 bits per heavy atom. The van der Waals surface area contributed by atoms with Crippen molar-refractivity contribution in [3.05, 3.63) is 85.8 Å². The molecule has 0 aliphatic heterocycles.